The van der Waals surface area contributed by atoms with Crippen LogP contribution in [0.15, 0.2) is 0 Å². The minimum Gasteiger partial charge on any atom is -0.0654 e. The zero-order valence-electron chi connectivity index (χ0n) is 15.4. The van der Waals surface area contributed by atoms with E-state index in [4.69, 9.17) is 0 Å². The van der Waals surface area contributed by atoms with Crippen LogP contribution in [0, 0.1) is 23.7 Å². The maximum atomic E-state index is 2.50. The number of hydrogen-bond acceptors (Lipinski definition) is 0. The number of rotatable bonds is 13. The average molecular weight is 283 g/mol. The second kappa shape index (κ2) is 12.7. The van der Waals surface area contributed by atoms with Crippen molar-refractivity contribution >= 4 is 0 Å². The van der Waals surface area contributed by atoms with Crippen molar-refractivity contribution in [2.75, 3.05) is 0 Å². The van der Waals surface area contributed by atoms with Crippen LogP contribution in [-0.2, 0) is 0 Å². The highest BCUT2D eigenvalue weighted by molar-refractivity contribution is 4.70. The molecular weight excluding hydrogens is 240 g/mol. The molecule has 3 atom stereocenters. The fourth-order valence-electron chi connectivity index (χ4n) is 3.74. The second-order valence-electron chi connectivity index (χ2n) is 7.19. The summed E-state index contributed by atoms with van der Waals surface area (Å²) in [4.78, 5) is 0. The van der Waals surface area contributed by atoms with E-state index in [9.17, 15) is 0 Å². The van der Waals surface area contributed by atoms with E-state index in [0.717, 1.165) is 23.7 Å². The standard InChI is InChI=1S/C20H42/c1-7-12-13-19(10-4)14-17(6)15-20(11-5)16-18(8-2)9-3/h17-20H,7-16H2,1-6H3. The van der Waals surface area contributed by atoms with Gasteiger partial charge in [-0.15, -0.1) is 0 Å². The molecule has 0 aromatic rings. The molecule has 0 nitrogen and oxygen atoms in total. The lowest BCUT2D eigenvalue weighted by Gasteiger charge is -2.26. The van der Waals surface area contributed by atoms with Crippen molar-refractivity contribution in [1.82, 2.24) is 0 Å². The summed E-state index contributed by atoms with van der Waals surface area (Å²) < 4.78 is 0. The first-order valence-electron chi connectivity index (χ1n) is 9.60. The van der Waals surface area contributed by atoms with Crippen LogP contribution in [0.2, 0.25) is 0 Å². The Hall–Kier alpha value is 0. The zero-order valence-corrected chi connectivity index (χ0v) is 15.4. The molecule has 0 aromatic carbocycles. The first-order chi connectivity index (χ1) is 9.60. The van der Waals surface area contributed by atoms with E-state index < -0.39 is 0 Å². The lowest BCUT2D eigenvalue weighted by molar-refractivity contribution is 0.260. The quantitative estimate of drug-likeness (QED) is 0.328. The van der Waals surface area contributed by atoms with Gasteiger partial charge in [-0.25, -0.2) is 0 Å². The molecule has 20 heavy (non-hydrogen) atoms. The predicted octanol–water partition coefficient (Wildman–Crippen LogP) is 7.47. The average Bonchev–Trinajstić information content (AvgIpc) is 2.47. The van der Waals surface area contributed by atoms with E-state index in [1.165, 1.54) is 64.2 Å². The lowest BCUT2D eigenvalue weighted by atomic mass is 9.80. The Kier molecular flexibility index (Phi) is 12.7. The topological polar surface area (TPSA) is 0 Å². The molecule has 0 heteroatoms. The van der Waals surface area contributed by atoms with Gasteiger partial charge in [0, 0.05) is 0 Å². The molecule has 122 valence electrons. The van der Waals surface area contributed by atoms with E-state index in [2.05, 4.69) is 41.5 Å². The van der Waals surface area contributed by atoms with Crippen molar-refractivity contribution in [3.63, 3.8) is 0 Å². The highest BCUT2D eigenvalue weighted by atomic mass is 14.2. The number of unbranched alkanes of at least 4 members (excludes halogenated alkanes) is 1. The number of hydrogen-bond donors (Lipinski definition) is 0. The third kappa shape index (κ3) is 9.03. The molecule has 0 amide bonds. The Bertz CT molecular complexity index is 192. The molecule has 0 aromatic heterocycles. The smallest absolute Gasteiger partial charge is 0.0412 e. The van der Waals surface area contributed by atoms with Crippen molar-refractivity contribution < 1.29 is 0 Å². The normalized spacial score (nSPS) is 16.4. The summed E-state index contributed by atoms with van der Waals surface area (Å²) in [5.74, 6) is 3.85. The van der Waals surface area contributed by atoms with Crippen LogP contribution in [0.1, 0.15) is 106 Å². The minimum absolute atomic E-state index is 0.927. The molecular formula is C20H42. The monoisotopic (exact) mass is 282 g/mol. The minimum atomic E-state index is 0.927. The van der Waals surface area contributed by atoms with E-state index in [0.29, 0.717) is 0 Å². The van der Waals surface area contributed by atoms with Crippen molar-refractivity contribution in [2.24, 2.45) is 23.7 Å². The van der Waals surface area contributed by atoms with Crippen molar-refractivity contribution in [1.29, 1.82) is 0 Å². The van der Waals surface area contributed by atoms with Gasteiger partial charge in [-0.05, 0) is 42.9 Å². The van der Waals surface area contributed by atoms with Gasteiger partial charge in [0.25, 0.3) is 0 Å². The predicted molar refractivity (Wildman–Crippen MR) is 94.2 cm³/mol. The summed E-state index contributed by atoms with van der Waals surface area (Å²) in [6, 6.07) is 0. The molecule has 0 rings (SSSR count). The van der Waals surface area contributed by atoms with Gasteiger partial charge >= 0.3 is 0 Å². The van der Waals surface area contributed by atoms with Gasteiger partial charge in [0.1, 0.15) is 0 Å². The third-order valence-corrected chi connectivity index (χ3v) is 5.41. The van der Waals surface area contributed by atoms with Gasteiger partial charge < -0.3 is 0 Å². The molecule has 0 N–H and O–H groups in total. The molecule has 0 saturated heterocycles. The summed E-state index contributed by atoms with van der Waals surface area (Å²) >= 11 is 0. The summed E-state index contributed by atoms with van der Waals surface area (Å²) in [7, 11) is 0. The molecule has 3 unspecified atom stereocenters. The van der Waals surface area contributed by atoms with Crippen LogP contribution in [0.5, 0.6) is 0 Å². The Morgan fingerprint density at radius 3 is 1.55 bits per heavy atom. The van der Waals surface area contributed by atoms with Crippen molar-refractivity contribution in [2.45, 2.75) is 106 Å². The fourth-order valence-corrected chi connectivity index (χ4v) is 3.74. The van der Waals surface area contributed by atoms with Gasteiger partial charge in [0.15, 0.2) is 0 Å². The Labute approximate surface area is 130 Å². The van der Waals surface area contributed by atoms with Gasteiger partial charge in [-0.3, -0.25) is 0 Å². The summed E-state index contributed by atoms with van der Waals surface area (Å²) in [6.07, 6.45) is 14.2. The molecule has 0 spiro atoms. The molecule has 0 aliphatic rings. The van der Waals surface area contributed by atoms with Crippen LogP contribution >= 0.6 is 0 Å². The Morgan fingerprint density at radius 1 is 0.600 bits per heavy atom. The van der Waals surface area contributed by atoms with E-state index in [1.807, 2.05) is 0 Å². The Balaban J connectivity index is 4.14. The highest BCUT2D eigenvalue weighted by Gasteiger charge is 2.18. The van der Waals surface area contributed by atoms with Gasteiger partial charge in [-0.2, -0.15) is 0 Å². The summed E-state index contributed by atoms with van der Waals surface area (Å²) in [5.41, 5.74) is 0. The van der Waals surface area contributed by atoms with Gasteiger partial charge in [-0.1, -0.05) is 86.5 Å². The SMILES string of the molecule is CCCCC(CC)CC(C)CC(CC)CC(CC)CC. The maximum Gasteiger partial charge on any atom is -0.0412 e. The maximum absolute atomic E-state index is 2.50. The second-order valence-corrected chi connectivity index (χ2v) is 7.19. The molecule has 0 saturated carbocycles. The first kappa shape index (κ1) is 20.0. The van der Waals surface area contributed by atoms with Crippen LogP contribution in [0.25, 0.3) is 0 Å². The Morgan fingerprint density at radius 2 is 1.10 bits per heavy atom. The largest absolute Gasteiger partial charge is 0.0654 e. The molecule has 0 aliphatic carbocycles. The summed E-state index contributed by atoms with van der Waals surface area (Å²) in [6.45, 7) is 14.3. The first-order valence-corrected chi connectivity index (χ1v) is 9.60. The van der Waals surface area contributed by atoms with E-state index in [1.54, 1.807) is 0 Å². The van der Waals surface area contributed by atoms with E-state index in [-0.39, 0.29) is 0 Å². The van der Waals surface area contributed by atoms with Gasteiger partial charge in [0.05, 0.1) is 0 Å². The van der Waals surface area contributed by atoms with Crippen molar-refractivity contribution in [3.05, 3.63) is 0 Å². The van der Waals surface area contributed by atoms with Crippen LogP contribution < -0.4 is 0 Å². The van der Waals surface area contributed by atoms with Crippen LogP contribution in [0.3, 0.4) is 0 Å². The third-order valence-electron chi connectivity index (χ3n) is 5.41. The molecule has 0 aliphatic heterocycles. The highest BCUT2D eigenvalue weighted by Crippen LogP contribution is 2.30. The molecule has 0 bridgehead atoms. The molecule has 0 radical (unpaired) electrons. The molecule has 0 fully saturated rings. The van der Waals surface area contributed by atoms with Crippen LogP contribution in [-0.4, -0.2) is 0 Å². The molecule has 0 heterocycles. The van der Waals surface area contributed by atoms with Crippen LogP contribution in [0.4, 0.5) is 0 Å². The lowest BCUT2D eigenvalue weighted by Crippen LogP contribution is -2.13. The van der Waals surface area contributed by atoms with Gasteiger partial charge in [0.2, 0.25) is 0 Å². The fraction of sp³-hybridized carbons (Fsp3) is 1.00. The van der Waals surface area contributed by atoms with Crippen molar-refractivity contribution in [3.8, 4) is 0 Å². The summed E-state index contributed by atoms with van der Waals surface area (Å²) in [5, 5.41) is 0. The zero-order chi connectivity index (χ0) is 15.4. The van der Waals surface area contributed by atoms with E-state index >= 15 is 0 Å².